The molecular weight excluding hydrogens is 280 g/mol. The van der Waals surface area contributed by atoms with Gasteiger partial charge in [0.15, 0.2) is 0 Å². The van der Waals surface area contributed by atoms with E-state index in [0.717, 1.165) is 21.3 Å². The highest BCUT2D eigenvalue weighted by molar-refractivity contribution is 9.10. The molecule has 0 atom stereocenters. The number of aryl methyl sites for hydroxylation is 1. The van der Waals surface area contributed by atoms with E-state index in [1.807, 2.05) is 13.0 Å². The quantitative estimate of drug-likeness (QED) is 0.906. The van der Waals surface area contributed by atoms with Gasteiger partial charge in [-0.05, 0) is 36.6 Å². The van der Waals surface area contributed by atoms with Crippen LogP contribution in [-0.4, -0.2) is 5.16 Å². The minimum Gasteiger partial charge on any atom is -0.367 e. The number of nitrogen functional groups attached to an aromatic ring is 1. The van der Waals surface area contributed by atoms with Gasteiger partial charge in [0.2, 0.25) is 5.88 Å². The van der Waals surface area contributed by atoms with E-state index in [4.69, 9.17) is 10.3 Å². The van der Waals surface area contributed by atoms with Gasteiger partial charge < -0.3 is 10.3 Å². The zero-order valence-corrected chi connectivity index (χ0v) is 11.7. The SMILES string of the molecule is Cc1cc(Br)cc(-c2noc(N)c2C(C)C)c1. The van der Waals surface area contributed by atoms with Crippen molar-refractivity contribution in [1.29, 1.82) is 0 Å². The largest absolute Gasteiger partial charge is 0.367 e. The molecule has 0 saturated heterocycles. The molecule has 0 unspecified atom stereocenters. The van der Waals surface area contributed by atoms with Crippen molar-refractivity contribution in [3.63, 3.8) is 0 Å². The minimum absolute atomic E-state index is 0.288. The molecule has 0 amide bonds. The molecule has 0 fully saturated rings. The summed E-state index contributed by atoms with van der Waals surface area (Å²) in [4.78, 5) is 0. The molecule has 0 aliphatic carbocycles. The first kappa shape index (κ1) is 12.2. The van der Waals surface area contributed by atoms with Crippen molar-refractivity contribution in [1.82, 2.24) is 5.16 Å². The lowest BCUT2D eigenvalue weighted by Gasteiger charge is -2.06. The Bertz CT molecular complexity index is 526. The highest BCUT2D eigenvalue weighted by Crippen LogP contribution is 2.34. The molecule has 2 N–H and O–H groups in total. The van der Waals surface area contributed by atoms with Crippen molar-refractivity contribution >= 4 is 21.8 Å². The summed E-state index contributed by atoms with van der Waals surface area (Å²) in [5.41, 5.74) is 9.83. The number of rotatable bonds is 2. The summed E-state index contributed by atoms with van der Waals surface area (Å²) < 4.78 is 6.13. The van der Waals surface area contributed by atoms with Gasteiger partial charge in [-0.2, -0.15) is 0 Å². The van der Waals surface area contributed by atoms with Crippen molar-refractivity contribution in [2.75, 3.05) is 5.73 Å². The molecule has 0 saturated carbocycles. The van der Waals surface area contributed by atoms with Crippen molar-refractivity contribution in [3.05, 3.63) is 33.8 Å². The fourth-order valence-corrected chi connectivity index (χ4v) is 2.56. The van der Waals surface area contributed by atoms with Gasteiger partial charge in [0.25, 0.3) is 0 Å². The molecule has 90 valence electrons. The van der Waals surface area contributed by atoms with Gasteiger partial charge in [0.1, 0.15) is 5.69 Å². The average Bonchev–Trinajstić information content (AvgIpc) is 2.58. The zero-order chi connectivity index (χ0) is 12.6. The summed E-state index contributed by atoms with van der Waals surface area (Å²) in [5.74, 6) is 0.697. The molecule has 0 spiro atoms. The number of nitrogens with zero attached hydrogens (tertiary/aromatic N) is 1. The molecule has 0 radical (unpaired) electrons. The number of nitrogens with two attached hydrogens (primary N) is 1. The average molecular weight is 295 g/mol. The van der Waals surface area contributed by atoms with E-state index >= 15 is 0 Å². The molecule has 0 bridgehead atoms. The first-order valence-electron chi connectivity index (χ1n) is 5.51. The topological polar surface area (TPSA) is 52.0 Å². The highest BCUT2D eigenvalue weighted by Gasteiger charge is 2.18. The molecule has 17 heavy (non-hydrogen) atoms. The Labute approximate surface area is 109 Å². The van der Waals surface area contributed by atoms with Crippen LogP contribution < -0.4 is 5.73 Å². The summed E-state index contributed by atoms with van der Waals surface area (Å²) in [6, 6.07) is 6.16. The van der Waals surface area contributed by atoms with Gasteiger partial charge in [-0.15, -0.1) is 0 Å². The third-order valence-electron chi connectivity index (χ3n) is 2.65. The van der Waals surface area contributed by atoms with Crippen molar-refractivity contribution < 1.29 is 4.52 Å². The van der Waals surface area contributed by atoms with E-state index in [1.54, 1.807) is 0 Å². The van der Waals surface area contributed by atoms with Crippen LogP contribution in [0.15, 0.2) is 27.2 Å². The van der Waals surface area contributed by atoms with Gasteiger partial charge >= 0.3 is 0 Å². The van der Waals surface area contributed by atoms with Gasteiger partial charge in [-0.25, -0.2) is 0 Å². The van der Waals surface area contributed by atoms with Gasteiger partial charge in [0.05, 0.1) is 0 Å². The molecule has 3 nitrogen and oxygen atoms in total. The summed E-state index contributed by atoms with van der Waals surface area (Å²) in [6.45, 7) is 6.21. The molecule has 1 aromatic heterocycles. The maximum Gasteiger partial charge on any atom is 0.226 e. The van der Waals surface area contributed by atoms with Gasteiger partial charge in [0, 0.05) is 15.6 Å². The second-order valence-electron chi connectivity index (χ2n) is 4.48. The van der Waals surface area contributed by atoms with Crippen molar-refractivity contribution in [3.8, 4) is 11.3 Å². The summed E-state index contributed by atoms with van der Waals surface area (Å²) in [5, 5.41) is 4.07. The molecule has 4 heteroatoms. The Hall–Kier alpha value is -1.29. The third-order valence-corrected chi connectivity index (χ3v) is 3.11. The highest BCUT2D eigenvalue weighted by atomic mass is 79.9. The maximum absolute atomic E-state index is 5.81. The fraction of sp³-hybridized carbons (Fsp3) is 0.308. The Kier molecular flexibility index (Phi) is 3.24. The van der Waals surface area contributed by atoms with Crippen LogP contribution >= 0.6 is 15.9 Å². The summed E-state index contributed by atoms with van der Waals surface area (Å²) in [6.07, 6.45) is 0. The number of halogens is 1. The number of anilines is 1. The van der Waals surface area contributed by atoms with Gasteiger partial charge in [-0.3, -0.25) is 0 Å². The Morgan fingerprint density at radius 3 is 2.59 bits per heavy atom. The second kappa shape index (κ2) is 4.53. The van der Waals surface area contributed by atoms with E-state index in [0.29, 0.717) is 5.88 Å². The van der Waals surface area contributed by atoms with Crippen LogP contribution in [0.25, 0.3) is 11.3 Å². The van der Waals surface area contributed by atoms with E-state index < -0.39 is 0 Å². The smallest absolute Gasteiger partial charge is 0.226 e. The lowest BCUT2D eigenvalue weighted by molar-refractivity contribution is 0.438. The monoisotopic (exact) mass is 294 g/mol. The van der Waals surface area contributed by atoms with Crippen LogP contribution in [0.1, 0.15) is 30.9 Å². The number of hydrogen-bond acceptors (Lipinski definition) is 3. The number of benzene rings is 1. The van der Waals surface area contributed by atoms with Crippen LogP contribution in [-0.2, 0) is 0 Å². The molecule has 0 aliphatic heterocycles. The van der Waals surface area contributed by atoms with Crippen LogP contribution in [0.3, 0.4) is 0 Å². The fourth-order valence-electron chi connectivity index (χ4n) is 1.95. The standard InChI is InChI=1S/C13H15BrN2O/c1-7(2)11-12(16-17-13(11)15)9-4-8(3)5-10(14)6-9/h4-7H,15H2,1-3H3. The zero-order valence-electron chi connectivity index (χ0n) is 10.1. The van der Waals surface area contributed by atoms with Crippen LogP contribution in [0.5, 0.6) is 0 Å². The summed E-state index contributed by atoms with van der Waals surface area (Å²) in [7, 11) is 0. The van der Waals surface area contributed by atoms with E-state index in [2.05, 4.69) is 47.1 Å². The van der Waals surface area contributed by atoms with Gasteiger partial charge in [-0.1, -0.05) is 34.9 Å². The molecular formula is C13H15BrN2O. The van der Waals surface area contributed by atoms with Crippen LogP contribution in [0, 0.1) is 6.92 Å². The Balaban J connectivity index is 2.60. The van der Waals surface area contributed by atoms with E-state index in [9.17, 15) is 0 Å². The number of hydrogen-bond donors (Lipinski definition) is 1. The summed E-state index contributed by atoms with van der Waals surface area (Å²) >= 11 is 3.49. The molecule has 1 heterocycles. The minimum atomic E-state index is 0.288. The maximum atomic E-state index is 5.81. The number of aromatic nitrogens is 1. The first-order valence-corrected chi connectivity index (χ1v) is 6.31. The normalized spacial score (nSPS) is 11.1. The lowest BCUT2D eigenvalue weighted by Crippen LogP contribution is -1.94. The second-order valence-corrected chi connectivity index (χ2v) is 5.40. The molecule has 0 aliphatic rings. The van der Waals surface area contributed by atoms with Crippen LogP contribution in [0.4, 0.5) is 5.88 Å². The van der Waals surface area contributed by atoms with E-state index in [1.165, 1.54) is 5.56 Å². The Morgan fingerprint density at radius 1 is 1.29 bits per heavy atom. The van der Waals surface area contributed by atoms with Crippen molar-refractivity contribution in [2.45, 2.75) is 26.7 Å². The third kappa shape index (κ3) is 2.36. The van der Waals surface area contributed by atoms with E-state index in [-0.39, 0.29) is 5.92 Å². The van der Waals surface area contributed by atoms with Crippen LogP contribution in [0.2, 0.25) is 0 Å². The predicted molar refractivity (Wildman–Crippen MR) is 72.9 cm³/mol. The first-order chi connectivity index (χ1) is 7.99. The Morgan fingerprint density at radius 2 is 2.00 bits per heavy atom. The lowest BCUT2D eigenvalue weighted by atomic mass is 9.98. The molecule has 2 aromatic rings. The molecule has 2 rings (SSSR count). The predicted octanol–water partition coefficient (Wildman–Crippen LogP) is 4.12. The molecule has 1 aromatic carbocycles. The van der Waals surface area contributed by atoms with Crippen molar-refractivity contribution in [2.24, 2.45) is 0 Å².